The lowest BCUT2D eigenvalue weighted by molar-refractivity contribution is 0.687. The molecule has 0 heterocycles. The van der Waals surface area contributed by atoms with E-state index in [2.05, 4.69) is 47.8 Å². The molecule has 3 aliphatic carbocycles. The summed E-state index contributed by atoms with van der Waals surface area (Å²) < 4.78 is 0. The Labute approximate surface area is 143 Å². The molecule has 0 radical (unpaired) electrons. The van der Waals surface area contributed by atoms with E-state index in [1.807, 2.05) is 0 Å². The summed E-state index contributed by atoms with van der Waals surface area (Å²) in [6.45, 7) is 0. The Morgan fingerprint density at radius 2 is 1.83 bits per heavy atom. The average Bonchev–Trinajstić information content (AvgIpc) is 3.12. The fourth-order valence-electron chi connectivity index (χ4n) is 4.72. The molecule has 0 saturated heterocycles. The van der Waals surface area contributed by atoms with Crippen LogP contribution >= 0.6 is 0 Å². The van der Waals surface area contributed by atoms with Crippen molar-refractivity contribution in [3.8, 4) is 0 Å². The lowest BCUT2D eigenvalue weighted by Gasteiger charge is -2.20. The number of nitrogens with two attached hydrogens (primary N) is 1. The molecule has 24 heavy (non-hydrogen) atoms. The molecule has 5 rings (SSSR count). The zero-order valence-electron chi connectivity index (χ0n) is 13.8. The Kier molecular flexibility index (Phi) is 3.15. The maximum Gasteiger partial charge on any atom is 0.193 e. The van der Waals surface area contributed by atoms with Crippen molar-refractivity contribution in [2.45, 2.75) is 44.1 Å². The Balaban J connectivity index is 1.34. The van der Waals surface area contributed by atoms with Gasteiger partial charge in [-0.05, 0) is 66.3 Å². The van der Waals surface area contributed by atoms with Gasteiger partial charge in [-0.25, -0.2) is 4.99 Å². The van der Waals surface area contributed by atoms with E-state index in [-0.39, 0.29) is 0 Å². The van der Waals surface area contributed by atoms with E-state index in [0.29, 0.717) is 23.8 Å². The van der Waals surface area contributed by atoms with Gasteiger partial charge in [0.25, 0.3) is 0 Å². The SMILES string of the molecule is NC(=NC1C2Cc3ccccc3C21)Nc1cccc2c1CCCC2. The van der Waals surface area contributed by atoms with Gasteiger partial charge < -0.3 is 11.1 Å². The van der Waals surface area contributed by atoms with Crippen LogP contribution in [0.3, 0.4) is 0 Å². The minimum absolute atomic E-state index is 0.368. The minimum atomic E-state index is 0.368. The van der Waals surface area contributed by atoms with E-state index in [4.69, 9.17) is 10.7 Å². The van der Waals surface area contributed by atoms with Crippen LogP contribution in [-0.2, 0) is 19.3 Å². The van der Waals surface area contributed by atoms with Gasteiger partial charge in [0.15, 0.2) is 5.96 Å². The second-order valence-corrected chi connectivity index (χ2v) is 7.37. The molecule has 2 aromatic carbocycles. The quantitative estimate of drug-likeness (QED) is 0.656. The molecule has 1 saturated carbocycles. The van der Waals surface area contributed by atoms with Crippen molar-refractivity contribution in [1.82, 2.24) is 0 Å². The van der Waals surface area contributed by atoms with Gasteiger partial charge in [0.05, 0.1) is 6.04 Å². The monoisotopic (exact) mass is 317 g/mol. The van der Waals surface area contributed by atoms with Gasteiger partial charge in [0.2, 0.25) is 0 Å². The summed E-state index contributed by atoms with van der Waals surface area (Å²) in [5, 5.41) is 3.38. The van der Waals surface area contributed by atoms with Gasteiger partial charge in [-0.1, -0.05) is 36.4 Å². The average molecular weight is 317 g/mol. The molecule has 0 bridgehead atoms. The number of anilines is 1. The molecule has 1 fully saturated rings. The lowest BCUT2D eigenvalue weighted by Crippen LogP contribution is -2.25. The molecule has 3 heteroatoms. The zero-order chi connectivity index (χ0) is 16.1. The van der Waals surface area contributed by atoms with Crippen LogP contribution in [0.2, 0.25) is 0 Å². The van der Waals surface area contributed by atoms with E-state index in [1.54, 1.807) is 0 Å². The number of nitrogens with one attached hydrogen (secondary N) is 1. The normalized spacial score (nSPS) is 27.2. The fraction of sp³-hybridized carbons (Fsp3) is 0.381. The van der Waals surface area contributed by atoms with E-state index < -0.39 is 0 Å². The van der Waals surface area contributed by atoms with Crippen molar-refractivity contribution in [2.75, 3.05) is 5.32 Å². The predicted molar refractivity (Wildman–Crippen MR) is 98.5 cm³/mol. The third kappa shape index (κ3) is 2.22. The van der Waals surface area contributed by atoms with Gasteiger partial charge in [-0.15, -0.1) is 0 Å². The summed E-state index contributed by atoms with van der Waals surface area (Å²) >= 11 is 0. The van der Waals surface area contributed by atoms with Crippen LogP contribution in [0.25, 0.3) is 0 Å². The maximum absolute atomic E-state index is 6.24. The van der Waals surface area contributed by atoms with E-state index in [9.17, 15) is 0 Å². The van der Waals surface area contributed by atoms with Crippen molar-refractivity contribution in [3.05, 3.63) is 64.7 Å². The van der Waals surface area contributed by atoms with E-state index in [0.717, 1.165) is 18.5 Å². The molecule has 2 aromatic rings. The molecule has 3 aliphatic rings. The molecule has 0 aromatic heterocycles. The molecule has 3 unspecified atom stereocenters. The Morgan fingerprint density at radius 1 is 1.00 bits per heavy atom. The highest BCUT2D eigenvalue weighted by Crippen LogP contribution is 2.58. The number of benzene rings is 2. The van der Waals surface area contributed by atoms with Gasteiger partial charge in [0, 0.05) is 11.6 Å². The molecule has 0 amide bonds. The van der Waals surface area contributed by atoms with Crippen LogP contribution in [0.5, 0.6) is 0 Å². The molecule has 0 aliphatic heterocycles. The van der Waals surface area contributed by atoms with Crippen LogP contribution in [-0.4, -0.2) is 12.0 Å². The first-order valence-electron chi connectivity index (χ1n) is 9.10. The van der Waals surface area contributed by atoms with Crippen molar-refractivity contribution in [3.63, 3.8) is 0 Å². The van der Waals surface area contributed by atoms with Crippen molar-refractivity contribution in [2.24, 2.45) is 16.6 Å². The Morgan fingerprint density at radius 3 is 2.79 bits per heavy atom. The Bertz CT molecular complexity index is 824. The van der Waals surface area contributed by atoms with Gasteiger partial charge >= 0.3 is 0 Å². The third-order valence-electron chi connectivity index (χ3n) is 5.94. The van der Waals surface area contributed by atoms with E-state index >= 15 is 0 Å². The van der Waals surface area contributed by atoms with Gasteiger partial charge in [-0.3, -0.25) is 0 Å². The summed E-state index contributed by atoms with van der Waals surface area (Å²) in [4.78, 5) is 4.80. The largest absolute Gasteiger partial charge is 0.370 e. The standard InChI is InChI=1S/C21H23N3/c22-21(23-18-11-5-8-13-6-1-3-9-15(13)18)24-20-17-12-14-7-2-4-10-16(14)19(17)20/h2,4-5,7-8,10-11,17,19-20H,1,3,6,9,12H2,(H3,22,23,24). The number of guanidine groups is 1. The summed E-state index contributed by atoms with van der Waals surface area (Å²) in [5.74, 6) is 1.82. The van der Waals surface area contributed by atoms with E-state index in [1.165, 1.54) is 41.5 Å². The third-order valence-corrected chi connectivity index (χ3v) is 5.94. The first-order valence-corrected chi connectivity index (χ1v) is 9.10. The predicted octanol–water partition coefficient (Wildman–Crippen LogP) is 3.63. The number of aryl methyl sites for hydroxylation is 1. The molecule has 0 spiro atoms. The highest BCUT2D eigenvalue weighted by Gasteiger charge is 2.55. The maximum atomic E-state index is 6.24. The topological polar surface area (TPSA) is 50.4 Å². The van der Waals surface area contributed by atoms with Crippen LogP contribution in [0.15, 0.2) is 47.5 Å². The number of aliphatic imine (C=N–C) groups is 1. The second-order valence-electron chi connectivity index (χ2n) is 7.37. The minimum Gasteiger partial charge on any atom is -0.370 e. The molecule has 122 valence electrons. The molecule has 3 N–H and O–H groups in total. The summed E-state index contributed by atoms with van der Waals surface area (Å²) in [7, 11) is 0. The summed E-state index contributed by atoms with van der Waals surface area (Å²) in [5.41, 5.74) is 13.3. The number of hydrogen-bond acceptors (Lipinski definition) is 1. The van der Waals surface area contributed by atoms with Crippen molar-refractivity contribution in [1.29, 1.82) is 0 Å². The molecular weight excluding hydrogens is 294 g/mol. The highest BCUT2D eigenvalue weighted by molar-refractivity contribution is 5.93. The van der Waals surface area contributed by atoms with Crippen molar-refractivity contribution < 1.29 is 0 Å². The molecular formula is C21H23N3. The van der Waals surface area contributed by atoms with Crippen molar-refractivity contribution >= 4 is 11.6 Å². The summed E-state index contributed by atoms with van der Waals surface area (Å²) in [6.07, 6.45) is 6.06. The van der Waals surface area contributed by atoms with Crippen LogP contribution in [0, 0.1) is 5.92 Å². The second kappa shape index (κ2) is 5.37. The Hall–Kier alpha value is -2.29. The first kappa shape index (κ1) is 14.1. The highest BCUT2D eigenvalue weighted by atomic mass is 15.1. The van der Waals surface area contributed by atoms with Crippen LogP contribution in [0.4, 0.5) is 5.69 Å². The number of nitrogens with zero attached hydrogens (tertiary/aromatic N) is 1. The van der Waals surface area contributed by atoms with Gasteiger partial charge in [0.1, 0.15) is 0 Å². The molecule has 3 nitrogen and oxygen atoms in total. The smallest absolute Gasteiger partial charge is 0.193 e. The van der Waals surface area contributed by atoms with Crippen LogP contribution < -0.4 is 11.1 Å². The first-order chi connectivity index (χ1) is 11.8. The lowest BCUT2D eigenvalue weighted by atomic mass is 9.90. The van der Waals surface area contributed by atoms with Gasteiger partial charge in [-0.2, -0.15) is 0 Å². The summed E-state index contributed by atoms with van der Waals surface area (Å²) in [6, 6.07) is 15.7. The fourth-order valence-corrected chi connectivity index (χ4v) is 4.72. The zero-order valence-corrected chi connectivity index (χ0v) is 13.8. The number of rotatable bonds is 2. The number of fused-ring (bicyclic) bond motifs is 4. The van der Waals surface area contributed by atoms with Crippen LogP contribution in [0.1, 0.15) is 41.0 Å². The number of hydrogen-bond donors (Lipinski definition) is 2. The molecule has 3 atom stereocenters.